The van der Waals surface area contributed by atoms with Crippen LogP contribution in [0, 0.1) is 5.82 Å². The van der Waals surface area contributed by atoms with Gasteiger partial charge in [0.2, 0.25) is 5.91 Å². The number of aromatic nitrogens is 1. The first-order valence-electron chi connectivity index (χ1n) is 7.79. The molecule has 4 nitrogen and oxygen atoms in total. The number of benzene rings is 1. The van der Waals surface area contributed by atoms with Crippen LogP contribution in [0.5, 0.6) is 0 Å². The second kappa shape index (κ2) is 7.92. The van der Waals surface area contributed by atoms with Crippen LogP contribution in [0.15, 0.2) is 42.6 Å². The molecule has 2 rings (SSSR count). The summed E-state index contributed by atoms with van der Waals surface area (Å²) in [6, 6.07) is 9.75. The maximum absolute atomic E-state index is 13.1. The fraction of sp³-hybridized carbons (Fsp3) is 0.389. The van der Waals surface area contributed by atoms with Gasteiger partial charge < -0.3 is 15.0 Å². The summed E-state index contributed by atoms with van der Waals surface area (Å²) >= 11 is 0. The number of rotatable bonds is 7. The Morgan fingerprint density at radius 1 is 1.35 bits per heavy atom. The number of aliphatic hydroxyl groups excluding tert-OH is 1. The zero-order chi connectivity index (χ0) is 16.8. The van der Waals surface area contributed by atoms with Gasteiger partial charge in [-0.1, -0.05) is 12.1 Å². The molecule has 124 valence electrons. The third-order valence-corrected chi connectivity index (χ3v) is 3.90. The number of carbonyl (C=O) groups is 1. The van der Waals surface area contributed by atoms with Gasteiger partial charge in [-0.3, -0.25) is 4.79 Å². The van der Waals surface area contributed by atoms with Crippen LogP contribution in [-0.2, 0) is 18.3 Å². The molecule has 2 aromatic rings. The van der Waals surface area contributed by atoms with E-state index in [0.717, 1.165) is 12.8 Å². The molecule has 0 saturated carbocycles. The second-order valence-corrected chi connectivity index (χ2v) is 5.89. The molecule has 0 spiro atoms. The second-order valence-electron chi connectivity index (χ2n) is 5.89. The van der Waals surface area contributed by atoms with Crippen molar-refractivity contribution in [1.82, 2.24) is 9.88 Å². The highest BCUT2D eigenvalue weighted by Crippen LogP contribution is 2.17. The van der Waals surface area contributed by atoms with Gasteiger partial charge in [0, 0.05) is 25.0 Å². The predicted molar refractivity (Wildman–Crippen MR) is 87.3 cm³/mol. The zero-order valence-corrected chi connectivity index (χ0v) is 13.5. The first kappa shape index (κ1) is 17.2. The standard InChI is InChI=1S/C18H23FN2O2/c1-13(8-9-16-7-4-10-21(16)2)20-18(23)12-17(22)14-5-3-6-15(19)11-14/h3-7,10-11,13,17,22H,8-9,12H2,1-2H3,(H,20,23). The molecule has 0 aliphatic rings. The lowest BCUT2D eigenvalue weighted by Crippen LogP contribution is -2.33. The molecule has 2 N–H and O–H groups in total. The summed E-state index contributed by atoms with van der Waals surface area (Å²) in [5, 5.41) is 12.9. The first-order valence-corrected chi connectivity index (χ1v) is 7.79. The van der Waals surface area contributed by atoms with Crippen LogP contribution in [-0.4, -0.2) is 21.6 Å². The molecule has 1 heterocycles. The Labute approximate surface area is 135 Å². The maximum atomic E-state index is 13.1. The molecule has 1 amide bonds. The molecule has 0 fully saturated rings. The van der Waals surface area contributed by atoms with Crippen LogP contribution in [0.3, 0.4) is 0 Å². The van der Waals surface area contributed by atoms with Crippen LogP contribution in [0.1, 0.15) is 37.1 Å². The number of nitrogens with zero attached hydrogens (tertiary/aromatic N) is 1. The van der Waals surface area contributed by atoms with E-state index in [4.69, 9.17) is 0 Å². The highest BCUT2D eigenvalue weighted by Gasteiger charge is 2.15. The number of aliphatic hydroxyl groups is 1. The molecule has 1 aromatic heterocycles. The summed E-state index contributed by atoms with van der Waals surface area (Å²) in [6.07, 6.45) is 2.62. The summed E-state index contributed by atoms with van der Waals surface area (Å²) in [4.78, 5) is 12.0. The molecule has 2 unspecified atom stereocenters. The fourth-order valence-corrected chi connectivity index (χ4v) is 2.53. The van der Waals surface area contributed by atoms with Crippen molar-refractivity contribution in [3.05, 3.63) is 59.7 Å². The summed E-state index contributed by atoms with van der Waals surface area (Å²) in [5.41, 5.74) is 1.63. The van der Waals surface area contributed by atoms with Gasteiger partial charge >= 0.3 is 0 Å². The van der Waals surface area contributed by atoms with Crippen LogP contribution in [0.2, 0.25) is 0 Å². The van der Waals surface area contributed by atoms with Crippen molar-refractivity contribution < 1.29 is 14.3 Å². The molecule has 23 heavy (non-hydrogen) atoms. The number of amides is 1. The summed E-state index contributed by atoms with van der Waals surface area (Å²) in [6.45, 7) is 1.94. The van der Waals surface area contributed by atoms with E-state index >= 15 is 0 Å². The van der Waals surface area contributed by atoms with Gasteiger partial charge in [-0.25, -0.2) is 4.39 Å². The molecule has 0 aliphatic heterocycles. The highest BCUT2D eigenvalue weighted by molar-refractivity contribution is 5.76. The van der Waals surface area contributed by atoms with Crippen LogP contribution >= 0.6 is 0 Å². The van der Waals surface area contributed by atoms with E-state index in [2.05, 4.69) is 16.0 Å². The predicted octanol–water partition coefficient (Wildman–Crippen LogP) is 2.73. The van der Waals surface area contributed by atoms with Crippen molar-refractivity contribution in [3.8, 4) is 0 Å². The van der Waals surface area contributed by atoms with E-state index in [1.54, 1.807) is 6.07 Å². The first-order chi connectivity index (χ1) is 11.0. The Kier molecular flexibility index (Phi) is 5.93. The van der Waals surface area contributed by atoms with Gasteiger partial charge in [0.05, 0.1) is 12.5 Å². The number of hydrogen-bond acceptors (Lipinski definition) is 2. The van der Waals surface area contributed by atoms with Crippen molar-refractivity contribution in [3.63, 3.8) is 0 Å². The molecule has 1 aromatic carbocycles. The van der Waals surface area contributed by atoms with Crippen molar-refractivity contribution >= 4 is 5.91 Å². The minimum absolute atomic E-state index is 0.0112. The molecule has 0 saturated heterocycles. The number of halogens is 1. The van der Waals surface area contributed by atoms with Crippen molar-refractivity contribution in [2.24, 2.45) is 7.05 Å². The lowest BCUT2D eigenvalue weighted by molar-refractivity contribution is -0.123. The molecular weight excluding hydrogens is 295 g/mol. The Bertz CT molecular complexity index is 654. The van der Waals surface area contributed by atoms with Gasteiger partial charge in [-0.05, 0) is 49.6 Å². The topological polar surface area (TPSA) is 54.3 Å². The molecule has 0 bridgehead atoms. The van der Waals surface area contributed by atoms with E-state index in [9.17, 15) is 14.3 Å². The molecule has 0 aliphatic carbocycles. The SMILES string of the molecule is CC(CCc1cccn1C)NC(=O)CC(O)c1cccc(F)c1. The molecule has 0 radical (unpaired) electrons. The lowest BCUT2D eigenvalue weighted by atomic mass is 10.1. The van der Waals surface area contributed by atoms with Crippen molar-refractivity contribution in [2.45, 2.75) is 38.3 Å². The van der Waals surface area contributed by atoms with Crippen LogP contribution in [0.25, 0.3) is 0 Å². The Balaban J connectivity index is 1.78. The van der Waals surface area contributed by atoms with Crippen molar-refractivity contribution in [1.29, 1.82) is 0 Å². The minimum atomic E-state index is -0.995. The average molecular weight is 318 g/mol. The Hall–Kier alpha value is -2.14. The maximum Gasteiger partial charge on any atom is 0.223 e. The van der Waals surface area contributed by atoms with Gasteiger partial charge in [0.15, 0.2) is 0 Å². The number of hydrogen-bond donors (Lipinski definition) is 2. The largest absolute Gasteiger partial charge is 0.388 e. The minimum Gasteiger partial charge on any atom is -0.388 e. The molecular formula is C18H23FN2O2. The quantitative estimate of drug-likeness (QED) is 0.825. The van der Waals surface area contributed by atoms with E-state index < -0.39 is 11.9 Å². The number of nitrogens with one attached hydrogen (secondary N) is 1. The molecule has 5 heteroatoms. The Morgan fingerprint density at radius 2 is 2.13 bits per heavy atom. The molecule has 2 atom stereocenters. The average Bonchev–Trinajstić information content (AvgIpc) is 2.90. The lowest BCUT2D eigenvalue weighted by Gasteiger charge is -2.16. The van der Waals surface area contributed by atoms with Crippen LogP contribution in [0.4, 0.5) is 4.39 Å². The van der Waals surface area contributed by atoms with Crippen molar-refractivity contribution in [2.75, 3.05) is 0 Å². The third-order valence-electron chi connectivity index (χ3n) is 3.90. The number of carbonyl (C=O) groups excluding carboxylic acids is 1. The summed E-state index contributed by atoms with van der Waals surface area (Å²) < 4.78 is 15.2. The van der Waals surface area contributed by atoms with E-state index in [1.807, 2.05) is 26.2 Å². The number of aryl methyl sites for hydroxylation is 2. The van der Waals surface area contributed by atoms with E-state index in [0.29, 0.717) is 5.56 Å². The van der Waals surface area contributed by atoms with E-state index in [1.165, 1.54) is 23.9 Å². The highest BCUT2D eigenvalue weighted by atomic mass is 19.1. The Morgan fingerprint density at radius 3 is 2.78 bits per heavy atom. The van der Waals surface area contributed by atoms with Gasteiger partial charge in [-0.2, -0.15) is 0 Å². The monoisotopic (exact) mass is 318 g/mol. The van der Waals surface area contributed by atoms with E-state index in [-0.39, 0.29) is 18.4 Å². The smallest absolute Gasteiger partial charge is 0.223 e. The van der Waals surface area contributed by atoms with Gasteiger partial charge in [-0.15, -0.1) is 0 Å². The van der Waals surface area contributed by atoms with Crippen LogP contribution < -0.4 is 5.32 Å². The summed E-state index contributed by atoms with van der Waals surface area (Å²) in [7, 11) is 1.99. The summed E-state index contributed by atoms with van der Waals surface area (Å²) in [5.74, 6) is -0.654. The third kappa shape index (κ3) is 5.21. The van der Waals surface area contributed by atoms with Gasteiger partial charge in [0.1, 0.15) is 5.82 Å². The zero-order valence-electron chi connectivity index (χ0n) is 13.5. The normalized spacial score (nSPS) is 13.6. The fourth-order valence-electron chi connectivity index (χ4n) is 2.53. The van der Waals surface area contributed by atoms with Gasteiger partial charge in [0.25, 0.3) is 0 Å².